The molecule has 1 aliphatic carbocycles. The van der Waals surface area contributed by atoms with E-state index >= 15 is 0 Å². The lowest BCUT2D eigenvalue weighted by Crippen LogP contribution is -2.29. The molecule has 0 saturated heterocycles. The standard InChI is InChI=1S/C14H18ClFO/c1-13(2)5-6-14(17,9-13)8-10-3-4-11(15)12(16)7-10/h3-4,7,17H,5-6,8-9H2,1-2H3. The molecule has 1 N–H and O–H groups in total. The van der Waals surface area contributed by atoms with Crippen molar-refractivity contribution >= 4 is 11.6 Å². The molecule has 0 bridgehead atoms. The maximum atomic E-state index is 13.3. The van der Waals surface area contributed by atoms with Crippen LogP contribution in [0.25, 0.3) is 0 Å². The van der Waals surface area contributed by atoms with Crippen molar-refractivity contribution < 1.29 is 9.50 Å². The van der Waals surface area contributed by atoms with Crippen LogP contribution in [-0.2, 0) is 6.42 Å². The summed E-state index contributed by atoms with van der Waals surface area (Å²) in [6.45, 7) is 4.32. The van der Waals surface area contributed by atoms with Gasteiger partial charge in [-0.25, -0.2) is 4.39 Å². The molecule has 0 amide bonds. The van der Waals surface area contributed by atoms with E-state index in [9.17, 15) is 9.50 Å². The van der Waals surface area contributed by atoms with Gasteiger partial charge < -0.3 is 5.11 Å². The second-order valence-electron chi connectivity index (χ2n) is 5.99. The Bertz CT molecular complexity index is 430. The highest BCUT2D eigenvalue weighted by atomic mass is 35.5. The van der Waals surface area contributed by atoms with E-state index in [0.29, 0.717) is 6.42 Å². The third-order valence-corrected chi connectivity index (χ3v) is 3.90. The summed E-state index contributed by atoms with van der Waals surface area (Å²) in [5, 5.41) is 10.6. The summed E-state index contributed by atoms with van der Waals surface area (Å²) in [4.78, 5) is 0. The quantitative estimate of drug-likeness (QED) is 0.849. The summed E-state index contributed by atoms with van der Waals surface area (Å²) in [6, 6.07) is 4.76. The molecule has 1 unspecified atom stereocenters. The Balaban J connectivity index is 2.13. The predicted molar refractivity (Wildman–Crippen MR) is 67.7 cm³/mol. The summed E-state index contributed by atoms with van der Waals surface area (Å²) in [6.07, 6.45) is 3.07. The first kappa shape index (κ1) is 12.8. The van der Waals surface area contributed by atoms with Crippen LogP contribution in [0.4, 0.5) is 4.39 Å². The average molecular weight is 257 g/mol. The number of aliphatic hydroxyl groups is 1. The highest BCUT2D eigenvalue weighted by molar-refractivity contribution is 6.30. The molecule has 0 radical (unpaired) electrons. The molecule has 0 aliphatic heterocycles. The summed E-state index contributed by atoms with van der Waals surface area (Å²) >= 11 is 5.64. The van der Waals surface area contributed by atoms with Crippen molar-refractivity contribution in [3.8, 4) is 0 Å². The van der Waals surface area contributed by atoms with Gasteiger partial charge in [0.1, 0.15) is 5.82 Å². The van der Waals surface area contributed by atoms with Gasteiger partial charge in [-0.15, -0.1) is 0 Å². The molecule has 0 heterocycles. The van der Waals surface area contributed by atoms with Gasteiger partial charge in [0.15, 0.2) is 0 Å². The Labute approximate surface area is 107 Å². The normalized spacial score (nSPS) is 27.4. The predicted octanol–water partition coefficient (Wildman–Crippen LogP) is 3.96. The van der Waals surface area contributed by atoms with Gasteiger partial charge in [0.25, 0.3) is 0 Å². The van der Waals surface area contributed by atoms with Crippen molar-refractivity contribution in [1.82, 2.24) is 0 Å². The molecule has 2 rings (SSSR count). The van der Waals surface area contributed by atoms with E-state index in [2.05, 4.69) is 13.8 Å². The van der Waals surface area contributed by atoms with Crippen molar-refractivity contribution in [2.24, 2.45) is 5.41 Å². The van der Waals surface area contributed by atoms with E-state index < -0.39 is 11.4 Å². The summed E-state index contributed by atoms with van der Waals surface area (Å²) in [5.74, 6) is -0.412. The fraction of sp³-hybridized carbons (Fsp3) is 0.571. The Morgan fingerprint density at radius 3 is 2.59 bits per heavy atom. The molecule has 1 nitrogen and oxygen atoms in total. The van der Waals surface area contributed by atoms with Crippen molar-refractivity contribution in [1.29, 1.82) is 0 Å². The van der Waals surface area contributed by atoms with Gasteiger partial charge in [-0.05, 0) is 42.4 Å². The highest BCUT2D eigenvalue weighted by Crippen LogP contribution is 2.45. The molecule has 1 fully saturated rings. The first-order chi connectivity index (χ1) is 7.80. The van der Waals surface area contributed by atoms with Gasteiger partial charge in [0.2, 0.25) is 0 Å². The van der Waals surface area contributed by atoms with Crippen LogP contribution in [-0.4, -0.2) is 10.7 Å². The number of hydrogen-bond acceptors (Lipinski definition) is 1. The fourth-order valence-electron chi connectivity index (χ4n) is 2.82. The Kier molecular flexibility index (Phi) is 3.21. The van der Waals surface area contributed by atoms with Crippen LogP contribution in [0.15, 0.2) is 18.2 Å². The highest BCUT2D eigenvalue weighted by Gasteiger charge is 2.41. The topological polar surface area (TPSA) is 20.2 Å². The first-order valence-corrected chi connectivity index (χ1v) is 6.34. The van der Waals surface area contributed by atoms with E-state index in [-0.39, 0.29) is 10.4 Å². The molecule has 0 spiro atoms. The number of benzene rings is 1. The van der Waals surface area contributed by atoms with E-state index in [4.69, 9.17) is 11.6 Å². The fourth-order valence-corrected chi connectivity index (χ4v) is 2.94. The zero-order chi connectivity index (χ0) is 12.7. The van der Waals surface area contributed by atoms with Gasteiger partial charge >= 0.3 is 0 Å². The number of rotatable bonds is 2. The second kappa shape index (κ2) is 4.25. The van der Waals surface area contributed by atoms with Crippen LogP contribution in [0.2, 0.25) is 5.02 Å². The van der Waals surface area contributed by atoms with E-state index in [1.165, 1.54) is 6.07 Å². The van der Waals surface area contributed by atoms with Crippen LogP contribution < -0.4 is 0 Å². The van der Waals surface area contributed by atoms with Gasteiger partial charge in [-0.2, -0.15) is 0 Å². The number of halogens is 2. The lowest BCUT2D eigenvalue weighted by molar-refractivity contribution is 0.0378. The summed E-state index contributed by atoms with van der Waals surface area (Å²) in [7, 11) is 0. The number of hydrogen-bond donors (Lipinski definition) is 1. The summed E-state index contributed by atoms with van der Waals surface area (Å²) < 4.78 is 13.3. The molecule has 1 saturated carbocycles. The van der Waals surface area contributed by atoms with Crippen molar-refractivity contribution in [2.45, 2.75) is 45.1 Å². The van der Waals surface area contributed by atoms with Gasteiger partial charge in [-0.1, -0.05) is 31.5 Å². The third-order valence-electron chi connectivity index (χ3n) is 3.59. The first-order valence-electron chi connectivity index (χ1n) is 5.96. The van der Waals surface area contributed by atoms with Gasteiger partial charge in [0.05, 0.1) is 10.6 Å². The van der Waals surface area contributed by atoms with Crippen LogP contribution in [0.1, 0.15) is 38.7 Å². The molecule has 1 aromatic rings. The van der Waals surface area contributed by atoms with Crippen molar-refractivity contribution in [2.75, 3.05) is 0 Å². The molecular weight excluding hydrogens is 239 g/mol. The zero-order valence-electron chi connectivity index (χ0n) is 10.3. The zero-order valence-corrected chi connectivity index (χ0v) is 11.0. The maximum Gasteiger partial charge on any atom is 0.142 e. The van der Waals surface area contributed by atoms with Crippen LogP contribution in [0, 0.1) is 11.2 Å². The minimum Gasteiger partial charge on any atom is -0.390 e. The van der Waals surface area contributed by atoms with Crippen LogP contribution in [0.5, 0.6) is 0 Å². The Hall–Kier alpha value is -0.600. The van der Waals surface area contributed by atoms with Gasteiger partial charge in [0, 0.05) is 6.42 Å². The monoisotopic (exact) mass is 256 g/mol. The van der Waals surface area contributed by atoms with Crippen LogP contribution >= 0.6 is 11.6 Å². The molecular formula is C14H18ClFO. The minimum absolute atomic E-state index is 0.132. The van der Waals surface area contributed by atoms with Gasteiger partial charge in [-0.3, -0.25) is 0 Å². The molecule has 1 aliphatic rings. The van der Waals surface area contributed by atoms with E-state index in [0.717, 1.165) is 24.8 Å². The second-order valence-corrected chi connectivity index (χ2v) is 6.40. The smallest absolute Gasteiger partial charge is 0.142 e. The molecule has 0 aromatic heterocycles. The molecule has 3 heteroatoms. The van der Waals surface area contributed by atoms with Crippen LogP contribution in [0.3, 0.4) is 0 Å². The maximum absolute atomic E-state index is 13.3. The minimum atomic E-state index is -0.691. The largest absolute Gasteiger partial charge is 0.390 e. The molecule has 1 aromatic carbocycles. The molecule has 17 heavy (non-hydrogen) atoms. The Morgan fingerprint density at radius 2 is 2.06 bits per heavy atom. The molecule has 1 atom stereocenters. The lowest BCUT2D eigenvalue weighted by Gasteiger charge is -2.25. The van der Waals surface area contributed by atoms with E-state index in [1.54, 1.807) is 12.1 Å². The molecule has 94 valence electrons. The lowest BCUT2D eigenvalue weighted by atomic mass is 9.86. The average Bonchev–Trinajstić information content (AvgIpc) is 2.47. The summed E-state index contributed by atoms with van der Waals surface area (Å²) in [5.41, 5.74) is 0.302. The van der Waals surface area contributed by atoms with Crippen molar-refractivity contribution in [3.63, 3.8) is 0 Å². The van der Waals surface area contributed by atoms with E-state index in [1.807, 2.05) is 0 Å². The Morgan fingerprint density at radius 1 is 1.35 bits per heavy atom. The third kappa shape index (κ3) is 2.99. The van der Waals surface area contributed by atoms with Crippen molar-refractivity contribution in [3.05, 3.63) is 34.6 Å². The SMILES string of the molecule is CC1(C)CCC(O)(Cc2ccc(Cl)c(F)c2)C1.